The number of imidazole rings is 1. The molecule has 0 radical (unpaired) electrons. The number of alkyl halides is 2. The summed E-state index contributed by atoms with van der Waals surface area (Å²) >= 11 is 6.46. The number of nitrogens with zero attached hydrogens (tertiary/aromatic N) is 4. The number of pyridine rings is 1. The summed E-state index contributed by atoms with van der Waals surface area (Å²) in [4.78, 5) is 13.1. The molecule has 188 valence electrons. The lowest BCUT2D eigenvalue weighted by atomic mass is 9.95. The number of nitrogens with two attached hydrogens (primary N) is 1. The molecule has 2 atom stereocenters. The normalized spacial score (nSPS) is 17.7. The second kappa shape index (κ2) is 8.72. The fourth-order valence-corrected chi connectivity index (χ4v) is 5.03. The molecule has 1 aliphatic carbocycles. The smallest absolute Gasteiger partial charge is 0.387 e. The molecule has 0 unspecified atom stereocenters. The van der Waals surface area contributed by atoms with Crippen molar-refractivity contribution in [3.05, 3.63) is 76.0 Å². The van der Waals surface area contributed by atoms with E-state index in [0.717, 1.165) is 0 Å². The van der Waals surface area contributed by atoms with E-state index in [9.17, 15) is 13.9 Å². The summed E-state index contributed by atoms with van der Waals surface area (Å²) in [6.07, 6.45) is 3.39. The summed E-state index contributed by atoms with van der Waals surface area (Å²) in [6.45, 7) is 1.79. The van der Waals surface area contributed by atoms with Crippen LogP contribution in [-0.4, -0.2) is 31.1 Å². The van der Waals surface area contributed by atoms with Crippen molar-refractivity contribution in [1.29, 1.82) is 0 Å². The molecule has 3 heterocycles. The average Bonchev–Trinajstić information content (AvgIpc) is 3.29. The van der Waals surface area contributed by atoms with Crippen LogP contribution in [0.4, 0.5) is 13.2 Å². The van der Waals surface area contributed by atoms with Gasteiger partial charge in [0, 0.05) is 57.8 Å². The van der Waals surface area contributed by atoms with Gasteiger partial charge in [0.25, 0.3) is 0 Å². The van der Waals surface area contributed by atoms with Crippen molar-refractivity contribution in [3.63, 3.8) is 0 Å². The van der Waals surface area contributed by atoms with Crippen molar-refractivity contribution >= 4 is 17.2 Å². The quantitative estimate of drug-likeness (QED) is 0.375. The van der Waals surface area contributed by atoms with Crippen LogP contribution in [0.15, 0.2) is 36.7 Å². The molecular formula is C25H23ClF3N5O2. The van der Waals surface area contributed by atoms with E-state index in [1.165, 1.54) is 24.4 Å². The molecule has 0 aliphatic heterocycles. The molecule has 1 aliphatic rings. The average molecular weight is 518 g/mol. The van der Waals surface area contributed by atoms with Gasteiger partial charge in [-0.15, -0.1) is 0 Å². The third kappa shape index (κ3) is 4.08. The van der Waals surface area contributed by atoms with Crippen LogP contribution in [0, 0.1) is 12.7 Å². The lowest BCUT2D eigenvalue weighted by molar-refractivity contribution is -0.0505. The Balaban J connectivity index is 1.69. The zero-order valence-electron chi connectivity index (χ0n) is 19.6. The Morgan fingerprint density at radius 3 is 2.67 bits per heavy atom. The Kier molecular flexibility index (Phi) is 5.93. The van der Waals surface area contributed by atoms with Gasteiger partial charge in [-0.25, -0.2) is 19.3 Å². The topological polar surface area (TPSA) is 98.6 Å². The largest absolute Gasteiger partial charge is 0.434 e. The highest BCUT2D eigenvalue weighted by atomic mass is 35.5. The van der Waals surface area contributed by atoms with Crippen molar-refractivity contribution in [3.8, 4) is 16.9 Å². The van der Waals surface area contributed by atoms with Crippen molar-refractivity contribution in [2.45, 2.75) is 51.4 Å². The number of ether oxygens (including phenoxy) is 1. The van der Waals surface area contributed by atoms with Gasteiger partial charge in [-0.3, -0.25) is 0 Å². The molecule has 7 nitrogen and oxygen atoms in total. The first-order chi connectivity index (χ1) is 17.0. The van der Waals surface area contributed by atoms with E-state index in [1.807, 2.05) is 0 Å². The fraction of sp³-hybridized carbons (Fsp3) is 0.320. The summed E-state index contributed by atoms with van der Waals surface area (Å²) in [5.41, 5.74) is 8.07. The number of aliphatic hydroxyl groups is 1. The standard InChI is InChI=1S/C25H23ClF3N5O2/c1-11-13(9-31-23(32-11)25(2,3)35)14-10-34-19(8-16(14)27)33-21-17(30)7-12(22(21)34)20-15(26)5-4-6-18(20)36-24(28)29/h4-6,8-10,12,17,24,35H,7,30H2,1-3H3/t12-,17-/m1/s1. The Hall–Kier alpha value is -3.21. The monoisotopic (exact) mass is 517 g/mol. The Bertz CT molecular complexity index is 1490. The zero-order chi connectivity index (χ0) is 25.9. The van der Waals surface area contributed by atoms with Crippen LogP contribution in [-0.2, 0) is 5.60 Å². The second-order valence-corrected chi connectivity index (χ2v) is 9.73. The lowest BCUT2D eigenvalue weighted by Gasteiger charge is -2.19. The molecule has 36 heavy (non-hydrogen) atoms. The molecular weight excluding hydrogens is 495 g/mol. The van der Waals surface area contributed by atoms with E-state index < -0.39 is 30.0 Å². The molecule has 3 aromatic heterocycles. The first-order valence-electron chi connectivity index (χ1n) is 11.2. The minimum Gasteiger partial charge on any atom is -0.434 e. The minimum absolute atomic E-state index is 0.0497. The van der Waals surface area contributed by atoms with Crippen LogP contribution in [0.5, 0.6) is 5.75 Å². The lowest BCUT2D eigenvalue weighted by Crippen LogP contribution is -2.20. The predicted molar refractivity (Wildman–Crippen MR) is 128 cm³/mol. The number of aromatic nitrogens is 4. The predicted octanol–water partition coefficient (Wildman–Crippen LogP) is 5.26. The number of halogens is 4. The van der Waals surface area contributed by atoms with Gasteiger partial charge in [-0.1, -0.05) is 17.7 Å². The minimum atomic E-state index is -3.03. The van der Waals surface area contributed by atoms with Crippen LogP contribution in [0.3, 0.4) is 0 Å². The molecule has 5 rings (SSSR count). The van der Waals surface area contributed by atoms with Gasteiger partial charge >= 0.3 is 6.61 Å². The van der Waals surface area contributed by atoms with Gasteiger partial charge in [0.05, 0.1) is 11.4 Å². The van der Waals surface area contributed by atoms with Gasteiger partial charge in [0.1, 0.15) is 22.8 Å². The van der Waals surface area contributed by atoms with E-state index in [0.29, 0.717) is 40.3 Å². The molecule has 11 heteroatoms. The fourth-order valence-electron chi connectivity index (χ4n) is 4.73. The van der Waals surface area contributed by atoms with E-state index in [2.05, 4.69) is 15.0 Å². The maximum absolute atomic E-state index is 15.3. The van der Waals surface area contributed by atoms with E-state index in [4.69, 9.17) is 22.1 Å². The number of hydrogen-bond acceptors (Lipinski definition) is 6. The summed E-state index contributed by atoms with van der Waals surface area (Å²) in [5, 5.41) is 10.5. The SMILES string of the molecule is Cc1nc(C(C)(C)O)ncc1-c1cn2c3c(nc2cc1F)[C@H](N)C[C@@H]3c1c(Cl)cccc1OC(F)F. The molecule has 0 spiro atoms. The molecule has 3 N–H and O–H groups in total. The molecule has 0 amide bonds. The number of aryl methyl sites for hydroxylation is 1. The zero-order valence-corrected chi connectivity index (χ0v) is 20.4. The molecule has 1 aromatic carbocycles. The van der Waals surface area contributed by atoms with Gasteiger partial charge < -0.3 is 20.0 Å². The first kappa shape index (κ1) is 24.5. The maximum Gasteiger partial charge on any atom is 0.387 e. The highest BCUT2D eigenvalue weighted by Crippen LogP contribution is 2.48. The van der Waals surface area contributed by atoms with Crippen molar-refractivity contribution in [1.82, 2.24) is 19.4 Å². The summed E-state index contributed by atoms with van der Waals surface area (Å²) in [6, 6.07) is 5.32. The summed E-state index contributed by atoms with van der Waals surface area (Å²) in [5.74, 6) is -0.893. The molecule has 0 saturated heterocycles. The van der Waals surface area contributed by atoms with Crippen LogP contribution in [0.25, 0.3) is 16.8 Å². The molecule has 0 fully saturated rings. The van der Waals surface area contributed by atoms with Crippen molar-refractivity contribution < 1.29 is 23.0 Å². The Labute approximate surface area is 209 Å². The highest BCUT2D eigenvalue weighted by Gasteiger charge is 2.38. The summed E-state index contributed by atoms with van der Waals surface area (Å²) in [7, 11) is 0. The van der Waals surface area contributed by atoms with E-state index >= 15 is 4.39 Å². The van der Waals surface area contributed by atoms with Crippen LogP contribution < -0.4 is 10.5 Å². The molecule has 0 saturated carbocycles. The third-order valence-electron chi connectivity index (χ3n) is 6.34. The maximum atomic E-state index is 15.3. The van der Waals surface area contributed by atoms with Crippen molar-refractivity contribution in [2.75, 3.05) is 0 Å². The van der Waals surface area contributed by atoms with Crippen LogP contribution in [0.1, 0.15) is 60.7 Å². The number of fused-ring (bicyclic) bond motifs is 3. The summed E-state index contributed by atoms with van der Waals surface area (Å²) < 4.78 is 48.0. The highest BCUT2D eigenvalue weighted by molar-refractivity contribution is 6.31. The Morgan fingerprint density at radius 2 is 2.00 bits per heavy atom. The Morgan fingerprint density at radius 1 is 1.25 bits per heavy atom. The molecule has 4 aromatic rings. The third-order valence-corrected chi connectivity index (χ3v) is 6.67. The van der Waals surface area contributed by atoms with E-state index in [-0.39, 0.29) is 22.2 Å². The van der Waals surface area contributed by atoms with Crippen LogP contribution in [0.2, 0.25) is 5.02 Å². The number of hydrogen-bond donors (Lipinski definition) is 2. The number of benzene rings is 1. The van der Waals surface area contributed by atoms with Gasteiger partial charge in [-0.05, 0) is 39.3 Å². The van der Waals surface area contributed by atoms with Crippen molar-refractivity contribution in [2.24, 2.45) is 5.73 Å². The van der Waals surface area contributed by atoms with Crippen LogP contribution >= 0.6 is 11.6 Å². The van der Waals surface area contributed by atoms with Gasteiger partial charge in [0.15, 0.2) is 5.82 Å². The number of rotatable bonds is 5. The van der Waals surface area contributed by atoms with Gasteiger partial charge in [-0.2, -0.15) is 8.78 Å². The van der Waals surface area contributed by atoms with E-state index in [1.54, 1.807) is 37.4 Å². The van der Waals surface area contributed by atoms with Gasteiger partial charge in [0.2, 0.25) is 0 Å². The molecule has 0 bridgehead atoms. The first-order valence-corrected chi connectivity index (χ1v) is 11.6. The second-order valence-electron chi connectivity index (χ2n) is 9.32.